The third-order valence-electron chi connectivity index (χ3n) is 4.52. The molecule has 20 heavy (non-hydrogen) atoms. The monoisotopic (exact) mass is 273 g/mol. The van der Waals surface area contributed by atoms with Gasteiger partial charge in [0.15, 0.2) is 0 Å². The van der Waals surface area contributed by atoms with E-state index in [0.717, 1.165) is 19.4 Å². The fourth-order valence-corrected chi connectivity index (χ4v) is 3.57. The minimum atomic E-state index is -0.595. The van der Waals surface area contributed by atoms with Crippen molar-refractivity contribution in [1.82, 2.24) is 4.90 Å². The highest BCUT2D eigenvalue weighted by atomic mass is 16.5. The van der Waals surface area contributed by atoms with Crippen LogP contribution in [-0.4, -0.2) is 35.8 Å². The Balaban J connectivity index is 1.82. The average molecular weight is 273 g/mol. The summed E-state index contributed by atoms with van der Waals surface area (Å²) in [5.74, 6) is -0.922. The lowest BCUT2D eigenvalue weighted by molar-refractivity contribution is -0.154. The number of Topliss-reactive ketones (excluding diaryl/α,β-unsaturated/α-hetero) is 1. The topological polar surface area (TPSA) is 46.6 Å². The number of carbonyl (C=O) groups excluding carboxylic acids is 2. The number of nitrogens with zero attached hydrogens (tertiary/aromatic N) is 1. The van der Waals surface area contributed by atoms with Gasteiger partial charge in [-0.3, -0.25) is 14.5 Å². The van der Waals surface area contributed by atoms with E-state index in [0.29, 0.717) is 6.42 Å². The normalized spacial score (nSPS) is 29.4. The maximum absolute atomic E-state index is 12.1. The first-order valence-corrected chi connectivity index (χ1v) is 7.11. The van der Waals surface area contributed by atoms with Crippen LogP contribution in [0, 0.1) is 5.92 Å². The maximum Gasteiger partial charge on any atom is 0.317 e. The Morgan fingerprint density at radius 2 is 2.05 bits per heavy atom. The standard InChI is InChI=1S/C16H19NO3/c1-20-16(19)15-13-8-7-12(9-14(15)18)17(13)10-11-5-3-2-4-6-11/h2-6,12-13,15H,7-10H2,1H3/t12-,13+,15-/m0/s1. The second-order valence-electron chi connectivity index (χ2n) is 5.63. The highest BCUT2D eigenvalue weighted by Gasteiger charge is 2.50. The summed E-state index contributed by atoms with van der Waals surface area (Å²) in [7, 11) is 1.36. The van der Waals surface area contributed by atoms with Gasteiger partial charge >= 0.3 is 5.97 Å². The Morgan fingerprint density at radius 3 is 2.75 bits per heavy atom. The quantitative estimate of drug-likeness (QED) is 0.622. The molecule has 2 bridgehead atoms. The predicted octanol–water partition coefficient (Wildman–Crippen LogP) is 1.78. The van der Waals surface area contributed by atoms with Crippen LogP contribution in [0.25, 0.3) is 0 Å². The van der Waals surface area contributed by atoms with Gasteiger partial charge < -0.3 is 4.74 Å². The SMILES string of the molecule is COC(=O)[C@@H]1C(=O)C[C@@H]2CC[C@H]1N2Cc1ccccc1. The van der Waals surface area contributed by atoms with Crippen molar-refractivity contribution < 1.29 is 14.3 Å². The van der Waals surface area contributed by atoms with Crippen LogP contribution in [-0.2, 0) is 20.9 Å². The summed E-state index contributed by atoms with van der Waals surface area (Å²) in [6.45, 7) is 0.803. The van der Waals surface area contributed by atoms with E-state index >= 15 is 0 Å². The third kappa shape index (κ3) is 2.24. The average Bonchev–Trinajstić information content (AvgIpc) is 2.74. The summed E-state index contributed by atoms with van der Waals surface area (Å²) >= 11 is 0. The van der Waals surface area contributed by atoms with Gasteiger partial charge in [0.25, 0.3) is 0 Å². The minimum absolute atomic E-state index is 0.00825. The van der Waals surface area contributed by atoms with Crippen molar-refractivity contribution in [1.29, 1.82) is 0 Å². The fraction of sp³-hybridized carbons (Fsp3) is 0.500. The molecule has 2 aliphatic heterocycles. The molecule has 2 heterocycles. The largest absolute Gasteiger partial charge is 0.468 e. The first-order valence-electron chi connectivity index (χ1n) is 7.11. The molecule has 3 atom stereocenters. The molecule has 0 amide bonds. The van der Waals surface area contributed by atoms with E-state index < -0.39 is 5.92 Å². The molecule has 2 saturated heterocycles. The molecule has 1 aromatic carbocycles. The molecule has 2 aliphatic rings. The number of esters is 1. The predicted molar refractivity (Wildman–Crippen MR) is 73.9 cm³/mol. The van der Waals surface area contributed by atoms with Gasteiger partial charge in [-0.2, -0.15) is 0 Å². The van der Waals surface area contributed by atoms with Gasteiger partial charge in [0.2, 0.25) is 0 Å². The summed E-state index contributed by atoms with van der Waals surface area (Å²) in [6, 6.07) is 10.5. The number of methoxy groups -OCH3 is 1. The van der Waals surface area contributed by atoms with Crippen molar-refractivity contribution in [3.63, 3.8) is 0 Å². The van der Waals surface area contributed by atoms with Crippen LogP contribution in [0.3, 0.4) is 0 Å². The molecule has 0 aliphatic carbocycles. The van der Waals surface area contributed by atoms with Crippen molar-refractivity contribution in [2.75, 3.05) is 7.11 Å². The van der Waals surface area contributed by atoms with E-state index in [2.05, 4.69) is 17.0 Å². The maximum atomic E-state index is 12.1. The molecule has 0 radical (unpaired) electrons. The number of benzene rings is 1. The van der Waals surface area contributed by atoms with Crippen LogP contribution in [0.4, 0.5) is 0 Å². The van der Waals surface area contributed by atoms with Gasteiger partial charge in [-0.05, 0) is 18.4 Å². The first-order chi connectivity index (χ1) is 9.70. The zero-order valence-corrected chi connectivity index (χ0v) is 11.6. The van der Waals surface area contributed by atoms with Gasteiger partial charge in [-0.25, -0.2) is 0 Å². The number of piperidine rings is 1. The van der Waals surface area contributed by atoms with Crippen molar-refractivity contribution in [2.24, 2.45) is 5.92 Å². The number of fused-ring (bicyclic) bond motifs is 2. The zero-order chi connectivity index (χ0) is 14.1. The van der Waals surface area contributed by atoms with Crippen LogP contribution < -0.4 is 0 Å². The Hall–Kier alpha value is -1.68. The molecule has 0 aromatic heterocycles. The summed E-state index contributed by atoms with van der Waals surface area (Å²) in [5.41, 5.74) is 1.22. The van der Waals surface area contributed by atoms with Crippen molar-refractivity contribution in [3.05, 3.63) is 35.9 Å². The van der Waals surface area contributed by atoms with Gasteiger partial charge in [-0.15, -0.1) is 0 Å². The van der Waals surface area contributed by atoms with Crippen LogP contribution in [0.2, 0.25) is 0 Å². The summed E-state index contributed by atoms with van der Waals surface area (Å²) in [6.07, 6.45) is 2.38. The van der Waals surface area contributed by atoms with Crippen molar-refractivity contribution >= 4 is 11.8 Å². The van der Waals surface area contributed by atoms with E-state index in [-0.39, 0.29) is 23.8 Å². The molecule has 3 rings (SSSR count). The smallest absolute Gasteiger partial charge is 0.317 e. The number of hydrogen-bond donors (Lipinski definition) is 0. The molecule has 2 fully saturated rings. The number of carbonyl (C=O) groups is 2. The molecular formula is C16H19NO3. The highest BCUT2D eigenvalue weighted by molar-refractivity contribution is 6.00. The van der Waals surface area contributed by atoms with E-state index in [9.17, 15) is 9.59 Å². The van der Waals surface area contributed by atoms with E-state index in [4.69, 9.17) is 4.74 Å². The van der Waals surface area contributed by atoms with Crippen LogP contribution in [0.5, 0.6) is 0 Å². The van der Waals surface area contributed by atoms with Crippen molar-refractivity contribution in [3.8, 4) is 0 Å². The molecule has 0 saturated carbocycles. The van der Waals surface area contributed by atoms with Crippen LogP contribution >= 0.6 is 0 Å². The zero-order valence-electron chi connectivity index (χ0n) is 11.6. The van der Waals surface area contributed by atoms with Gasteiger partial charge in [-0.1, -0.05) is 30.3 Å². The van der Waals surface area contributed by atoms with Gasteiger partial charge in [0.05, 0.1) is 7.11 Å². The second kappa shape index (κ2) is 5.37. The summed E-state index contributed by atoms with van der Waals surface area (Å²) in [5, 5.41) is 0. The number of hydrogen-bond acceptors (Lipinski definition) is 4. The lowest BCUT2D eigenvalue weighted by Gasteiger charge is -2.37. The molecule has 0 N–H and O–H groups in total. The third-order valence-corrected chi connectivity index (χ3v) is 4.52. The molecule has 0 unspecified atom stereocenters. The van der Waals surface area contributed by atoms with E-state index in [1.54, 1.807) is 0 Å². The Labute approximate surface area is 118 Å². The molecule has 4 nitrogen and oxygen atoms in total. The Bertz CT molecular complexity index is 514. The van der Waals surface area contributed by atoms with E-state index in [1.165, 1.54) is 12.7 Å². The van der Waals surface area contributed by atoms with Crippen molar-refractivity contribution in [2.45, 2.75) is 37.9 Å². The minimum Gasteiger partial charge on any atom is -0.468 e. The molecule has 4 heteroatoms. The lowest BCUT2D eigenvalue weighted by Crippen LogP contribution is -2.51. The number of ether oxygens (including phenoxy) is 1. The number of rotatable bonds is 3. The van der Waals surface area contributed by atoms with E-state index in [1.807, 2.05) is 18.2 Å². The molecule has 1 aromatic rings. The fourth-order valence-electron chi connectivity index (χ4n) is 3.57. The Morgan fingerprint density at radius 1 is 1.30 bits per heavy atom. The van der Waals surface area contributed by atoms with Crippen LogP contribution in [0.15, 0.2) is 30.3 Å². The Kier molecular flexibility index (Phi) is 3.57. The summed E-state index contributed by atoms with van der Waals surface area (Å²) in [4.78, 5) is 26.3. The van der Waals surface area contributed by atoms with Gasteiger partial charge in [0, 0.05) is 25.0 Å². The molecular weight excluding hydrogens is 254 g/mol. The van der Waals surface area contributed by atoms with Gasteiger partial charge in [0.1, 0.15) is 11.7 Å². The molecule has 106 valence electrons. The first kappa shape index (κ1) is 13.3. The second-order valence-corrected chi connectivity index (χ2v) is 5.63. The number of ketones is 1. The summed E-state index contributed by atoms with van der Waals surface area (Å²) < 4.78 is 4.82. The van der Waals surface area contributed by atoms with Crippen LogP contribution in [0.1, 0.15) is 24.8 Å². The lowest BCUT2D eigenvalue weighted by atomic mass is 9.88. The molecule has 0 spiro atoms. The highest BCUT2D eigenvalue weighted by Crippen LogP contribution is 2.38.